The van der Waals surface area contributed by atoms with E-state index in [9.17, 15) is 49.8 Å². The first-order valence-corrected chi connectivity index (χ1v) is 13.6. The summed E-state index contributed by atoms with van der Waals surface area (Å²) >= 11 is 0.767. The van der Waals surface area contributed by atoms with E-state index >= 15 is 0 Å². The van der Waals surface area contributed by atoms with E-state index in [1.54, 1.807) is 6.92 Å². The first-order chi connectivity index (χ1) is 18.2. The number of ether oxygens (including phenoxy) is 1. The van der Waals surface area contributed by atoms with E-state index in [1.165, 1.54) is 6.07 Å². The molecule has 3 aromatic rings. The van der Waals surface area contributed by atoms with Crippen molar-refractivity contribution in [3.05, 3.63) is 76.6 Å². The zero-order valence-corrected chi connectivity index (χ0v) is 21.5. The lowest BCUT2D eigenvalue weighted by Crippen LogP contribution is -2.17. The average molecular weight is 598 g/mol. The molecule has 1 N–H and O–H groups in total. The van der Waals surface area contributed by atoms with E-state index in [0.717, 1.165) is 42.1 Å². The van der Waals surface area contributed by atoms with Gasteiger partial charge in [0.1, 0.15) is 0 Å². The second-order valence-electron chi connectivity index (χ2n) is 7.93. The van der Waals surface area contributed by atoms with Gasteiger partial charge < -0.3 is 14.2 Å². The molecule has 1 unspecified atom stereocenters. The topological polar surface area (TPSA) is 89.9 Å². The number of halogens is 7. The van der Waals surface area contributed by atoms with Gasteiger partial charge in [-0.3, -0.25) is 9.36 Å². The van der Waals surface area contributed by atoms with Gasteiger partial charge in [-0.05, 0) is 35.4 Å². The number of hydrogen-bond acceptors (Lipinski definition) is 6. The van der Waals surface area contributed by atoms with Crippen LogP contribution in [0, 0.1) is 29.1 Å². The van der Waals surface area contributed by atoms with Crippen LogP contribution in [0.1, 0.15) is 35.7 Å². The van der Waals surface area contributed by atoms with Crippen LogP contribution in [0.2, 0.25) is 0 Å². The third-order valence-electron chi connectivity index (χ3n) is 5.21. The molecule has 0 heterocycles. The minimum atomic E-state index is -5.61. The molecule has 0 fully saturated rings. The molecular formula is C24H18F7O6PS. The summed E-state index contributed by atoms with van der Waals surface area (Å²) in [5, 5.41) is -0.119. The van der Waals surface area contributed by atoms with Crippen molar-refractivity contribution in [3.63, 3.8) is 0 Å². The van der Waals surface area contributed by atoms with E-state index in [1.807, 2.05) is 0 Å². The predicted molar refractivity (Wildman–Crippen MR) is 127 cm³/mol. The van der Waals surface area contributed by atoms with Gasteiger partial charge in [0.15, 0.2) is 5.12 Å². The molecule has 0 radical (unpaired) electrons. The lowest BCUT2D eigenvalue weighted by atomic mass is 10.0. The van der Waals surface area contributed by atoms with Crippen LogP contribution < -0.4 is 4.74 Å². The minimum Gasteiger partial charge on any atom is -0.416 e. The first-order valence-electron chi connectivity index (χ1n) is 11.0. The molecule has 0 amide bonds. The lowest BCUT2D eigenvalue weighted by molar-refractivity contribution is -0.111. The number of carbonyl (C=O) groups is 2. The monoisotopic (exact) mass is 598 g/mol. The molecule has 0 aromatic heterocycles. The third kappa shape index (κ3) is 6.46. The highest BCUT2D eigenvalue weighted by atomic mass is 32.2. The molecule has 210 valence electrons. The van der Waals surface area contributed by atoms with Crippen molar-refractivity contribution in [3.8, 4) is 5.75 Å². The molecule has 0 aliphatic carbocycles. The Morgan fingerprint density at radius 1 is 0.923 bits per heavy atom. The van der Waals surface area contributed by atoms with Gasteiger partial charge in [0.05, 0.1) is 12.2 Å². The summed E-state index contributed by atoms with van der Waals surface area (Å²) in [5.74, 6) is -15.5. The van der Waals surface area contributed by atoms with Crippen LogP contribution in [0.4, 0.5) is 30.7 Å². The second-order valence-corrected chi connectivity index (χ2v) is 10.9. The molecule has 0 aliphatic heterocycles. The fourth-order valence-electron chi connectivity index (χ4n) is 3.22. The number of esters is 1. The van der Waals surface area contributed by atoms with Crippen LogP contribution in [-0.2, 0) is 19.5 Å². The molecule has 0 aliphatic rings. The van der Waals surface area contributed by atoms with Gasteiger partial charge in [0.25, 0.3) is 0 Å². The standard InChI is InChI=1S/C24H18F7O6PS/c1-2-3-16(32)39-9-8-36-38(34,35)24(30,31)15-7-6-12-4-5-13(10-14(12)11-15)23(33)37-22-20(28)18(26)17(25)19(27)21(22)29/h4-7,10-11H,2-3,8-9H2,1H3,(H,34,35). The summed E-state index contributed by atoms with van der Waals surface area (Å²) < 4.78 is 119. The van der Waals surface area contributed by atoms with Gasteiger partial charge in [0.2, 0.25) is 34.8 Å². The maximum Gasteiger partial charge on any atom is 0.401 e. The van der Waals surface area contributed by atoms with Crippen LogP contribution in [0.25, 0.3) is 10.8 Å². The van der Waals surface area contributed by atoms with Crippen molar-refractivity contribution in [1.82, 2.24) is 0 Å². The number of rotatable bonds is 10. The highest BCUT2D eigenvalue weighted by Crippen LogP contribution is 2.63. The van der Waals surface area contributed by atoms with E-state index in [2.05, 4.69) is 9.26 Å². The molecular weight excluding hydrogens is 580 g/mol. The van der Waals surface area contributed by atoms with Crippen LogP contribution in [0.5, 0.6) is 5.75 Å². The fourth-order valence-corrected chi connectivity index (χ4v) is 5.06. The van der Waals surface area contributed by atoms with Gasteiger partial charge in [0, 0.05) is 17.7 Å². The first kappa shape index (κ1) is 30.6. The summed E-state index contributed by atoms with van der Waals surface area (Å²) in [4.78, 5) is 33.8. The number of thioether (sulfide) groups is 1. The quantitative estimate of drug-likeness (QED) is 0.0508. The summed E-state index contributed by atoms with van der Waals surface area (Å²) in [5.41, 5.74) is -5.93. The Morgan fingerprint density at radius 2 is 1.51 bits per heavy atom. The highest BCUT2D eigenvalue weighted by Gasteiger charge is 2.52. The van der Waals surface area contributed by atoms with Crippen molar-refractivity contribution < 1.29 is 59.0 Å². The average Bonchev–Trinajstić information content (AvgIpc) is 2.90. The maximum absolute atomic E-state index is 14.9. The second kappa shape index (κ2) is 12.1. The largest absolute Gasteiger partial charge is 0.416 e. The maximum atomic E-state index is 14.9. The Kier molecular flexibility index (Phi) is 9.47. The normalized spacial score (nSPS) is 13.4. The zero-order chi connectivity index (χ0) is 29.1. The van der Waals surface area contributed by atoms with Crippen LogP contribution in [0.3, 0.4) is 0 Å². The number of fused-ring (bicyclic) bond motifs is 1. The Balaban J connectivity index is 1.84. The SMILES string of the molecule is CCCC(=O)SCCOP(=O)(O)C(F)(F)c1ccc2ccc(C(=O)Oc3c(F)c(F)c(F)c(F)c3F)cc2c1. The Morgan fingerprint density at radius 3 is 2.13 bits per heavy atom. The van der Waals surface area contributed by atoms with E-state index in [0.29, 0.717) is 6.42 Å². The molecule has 0 saturated carbocycles. The van der Waals surface area contributed by atoms with Crippen molar-refractivity contribution in [2.75, 3.05) is 12.4 Å². The summed E-state index contributed by atoms with van der Waals surface area (Å²) in [6.45, 7) is 1.14. The summed E-state index contributed by atoms with van der Waals surface area (Å²) in [6.07, 6.45) is 0.813. The Bertz CT molecular complexity index is 1450. The molecule has 6 nitrogen and oxygen atoms in total. The molecule has 0 saturated heterocycles. The number of benzene rings is 3. The van der Waals surface area contributed by atoms with Gasteiger partial charge in [-0.1, -0.05) is 36.9 Å². The van der Waals surface area contributed by atoms with Crippen molar-refractivity contribution in [1.29, 1.82) is 0 Å². The number of alkyl halides is 2. The molecule has 3 rings (SSSR count). The van der Waals surface area contributed by atoms with Gasteiger partial charge >= 0.3 is 19.2 Å². The predicted octanol–water partition coefficient (Wildman–Crippen LogP) is 7.07. The molecule has 39 heavy (non-hydrogen) atoms. The van der Waals surface area contributed by atoms with Crippen LogP contribution >= 0.6 is 19.4 Å². The van der Waals surface area contributed by atoms with Crippen LogP contribution in [0.15, 0.2) is 36.4 Å². The zero-order valence-electron chi connectivity index (χ0n) is 19.8. The third-order valence-corrected chi connectivity index (χ3v) is 7.61. The van der Waals surface area contributed by atoms with E-state index < -0.39 is 71.8 Å². The molecule has 1 atom stereocenters. The van der Waals surface area contributed by atoms with Crippen molar-refractivity contribution in [2.24, 2.45) is 0 Å². The minimum absolute atomic E-state index is 0.125. The Labute approximate surface area is 220 Å². The van der Waals surface area contributed by atoms with Gasteiger partial charge in [-0.15, -0.1) is 0 Å². The molecule has 0 bridgehead atoms. The lowest BCUT2D eigenvalue weighted by Gasteiger charge is -2.22. The highest BCUT2D eigenvalue weighted by molar-refractivity contribution is 8.13. The fraction of sp³-hybridized carbons (Fsp3) is 0.250. The molecule has 0 spiro atoms. The molecule has 15 heteroatoms. The van der Waals surface area contributed by atoms with E-state index in [-0.39, 0.29) is 28.1 Å². The van der Waals surface area contributed by atoms with Crippen LogP contribution in [-0.4, -0.2) is 28.3 Å². The number of carbonyl (C=O) groups excluding carboxylic acids is 2. The van der Waals surface area contributed by atoms with E-state index in [4.69, 9.17) is 0 Å². The molecule has 3 aromatic carbocycles. The van der Waals surface area contributed by atoms with Gasteiger partial charge in [-0.2, -0.15) is 17.6 Å². The number of hydrogen-bond donors (Lipinski definition) is 1. The van der Waals surface area contributed by atoms with Crippen molar-refractivity contribution >= 4 is 41.2 Å². The summed E-state index contributed by atoms with van der Waals surface area (Å²) in [6, 6.07) is 5.84. The van der Waals surface area contributed by atoms with Gasteiger partial charge in [-0.25, -0.2) is 18.0 Å². The smallest absolute Gasteiger partial charge is 0.401 e. The van der Waals surface area contributed by atoms with Crippen molar-refractivity contribution in [2.45, 2.75) is 25.4 Å². The summed E-state index contributed by atoms with van der Waals surface area (Å²) in [7, 11) is -5.61. The Hall–Kier alpha value is -2.93.